The minimum Gasteiger partial charge on any atom is -0.493 e. The van der Waals surface area contributed by atoms with Gasteiger partial charge in [-0.2, -0.15) is 5.10 Å². The molecule has 0 bridgehead atoms. The summed E-state index contributed by atoms with van der Waals surface area (Å²) in [5, 5.41) is 7.23. The summed E-state index contributed by atoms with van der Waals surface area (Å²) in [6.07, 6.45) is 1.43. The highest BCUT2D eigenvalue weighted by atomic mass is 79.9. The molecule has 0 radical (unpaired) electrons. The lowest BCUT2D eigenvalue weighted by Gasteiger charge is -2.20. The largest absolute Gasteiger partial charge is 0.493 e. The predicted octanol–water partition coefficient (Wildman–Crippen LogP) is 5.73. The van der Waals surface area contributed by atoms with Crippen molar-refractivity contribution < 1.29 is 23.5 Å². The van der Waals surface area contributed by atoms with Gasteiger partial charge in [-0.05, 0) is 69.4 Å². The molecule has 0 aliphatic heterocycles. The molecule has 3 aromatic rings. The maximum absolute atomic E-state index is 13.9. The van der Waals surface area contributed by atoms with E-state index in [9.17, 15) is 14.0 Å². The molecule has 2 N–H and O–H groups in total. The van der Waals surface area contributed by atoms with Crippen molar-refractivity contribution in [3.63, 3.8) is 0 Å². The number of hydrogen-bond donors (Lipinski definition) is 2. The monoisotopic (exact) mass is 589 g/mol. The smallest absolute Gasteiger partial charge is 0.262 e. The molecule has 2 amide bonds. The van der Waals surface area contributed by atoms with E-state index in [0.717, 1.165) is 5.56 Å². The Morgan fingerprint density at radius 2 is 1.84 bits per heavy atom. The van der Waals surface area contributed by atoms with Crippen molar-refractivity contribution >= 4 is 45.6 Å². The van der Waals surface area contributed by atoms with Crippen LogP contribution in [0.3, 0.4) is 0 Å². The highest BCUT2D eigenvalue weighted by molar-refractivity contribution is 9.10. The van der Waals surface area contributed by atoms with Crippen LogP contribution in [0.4, 0.5) is 4.39 Å². The number of rotatable bonds is 10. The Balaban J connectivity index is 1.66. The number of carbonyl (C=O) groups is 2. The standard InChI is InChI=1S/C27H26BrClFN3O4/c1-16(2)24(32-26(34)20-6-4-5-7-22(20)30)27(35)33-31-14-18-12-21(28)25(23(13-18)36-3)37-15-17-8-10-19(29)11-9-17/h4-14,16,24H,15H2,1-3H3,(H,32,34)(H,33,35)/b31-14+. The molecule has 194 valence electrons. The Kier molecular flexibility index (Phi) is 10.0. The van der Waals surface area contributed by atoms with Gasteiger partial charge in [-0.15, -0.1) is 0 Å². The second-order valence-corrected chi connectivity index (χ2v) is 9.65. The molecule has 1 unspecified atom stereocenters. The number of nitrogens with one attached hydrogen (secondary N) is 2. The van der Waals surface area contributed by atoms with Gasteiger partial charge in [0.15, 0.2) is 11.5 Å². The molecule has 0 saturated carbocycles. The van der Waals surface area contributed by atoms with E-state index in [4.69, 9.17) is 21.1 Å². The normalized spacial score (nSPS) is 11.9. The van der Waals surface area contributed by atoms with Gasteiger partial charge in [0.1, 0.15) is 18.5 Å². The van der Waals surface area contributed by atoms with E-state index in [2.05, 4.69) is 31.8 Å². The molecule has 0 aromatic heterocycles. The van der Waals surface area contributed by atoms with Gasteiger partial charge in [-0.1, -0.05) is 49.7 Å². The molecular weight excluding hydrogens is 565 g/mol. The molecule has 0 aliphatic carbocycles. The van der Waals surface area contributed by atoms with Crippen LogP contribution in [0.1, 0.15) is 35.3 Å². The van der Waals surface area contributed by atoms with Crippen LogP contribution in [0, 0.1) is 11.7 Å². The quantitative estimate of drug-likeness (QED) is 0.233. The molecular formula is C27H26BrClFN3O4. The van der Waals surface area contributed by atoms with Crippen molar-refractivity contribution in [1.29, 1.82) is 0 Å². The Morgan fingerprint density at radius 3 is 2.49 bits per heavy atom. The first-order valence-electron chi connectivity index (χ1n) is 11.3. The second-order valence-electron chi connectivity index (χ2n) is 8.36. The third kappa shape index (κ3) is 7.77. The van der Waals surface area contributed by atoms with E-state index in [1.807, 2.05) is 12.1 Å². The molecule has 3 rings (SSSR count). The fourth-order valence-electron chi connectivity index (χ4n) is 3.33. The molecule has 0 saturated heterocycles. The van der Waals surface area contributed by atoms with Gasteiger partial charge >= 0.3 is 0 Å². The van der Waals surface area contributed by atoms with Gasteiger partial charge in [0.25, 0.3) is 11.8 Å². The Labute approximate surface area is 228 Å². The van der Waals surface area contributed by atoms with Crippen LogP contribution in [0.25, 0.3) is 0 Å². The van der Waals surface area contributed by atoms with Crippen molar-refractivity contribution in [2.45, 2.75) is 26.5 Å². The molecule has 0 aliphatic rings. The van der Waals surface area contributed by atoms with Crippen LogP contribution >= 0.6 is 27.5 Å². The first-order chi connectivity index (χ1) is 17.7. The number of amides is 2. The van der Waals surface area contributed by atoms with E-state index in [0.29, 0.717) is 33.2 Å². The van der Waals surface area contributed by atoms with Crippen molar-refractivity contribution in [1.82, 2.24) is 10.7 Å². The highest BCUT2D eigenvalue weighted by Crippen LogP contribution is 2.37. The zero-order valence-electron chi connectivity index (χ0n) is 20.4. The predicted molar refractivity (Wildman–Crippen MR) is 145 cm³/mol. The zero-order chi connectivity index (χ0) is 26.9. The van der Waals surface area contributed by atoms with Crippen molar-refractivity contribution in [3.05, 3.63) is 92.7 Å². The summed E-state index contributed by atoms with van der Waals surface area (Å²) in [5.41, 5.74) is 3.85. The van der Waals surface area contributed by atoms with Gasteiger partial charge in [0, 0.05) is 5.02 Å². The third-order valence-electron chi connectivity index (χ3n) is 5.29. The van der Waals surface area contributed by atoms with E-state index < -0.39 is 23.7 Å². The van der Waals surface area contributed by atoms with Crippen LogP contribution in [0.5, 0.6) is 11.5 Å². The van der Waals surface area contributed by atoms with E-state index >= 15 is 0 Å². The number of ether oxygens (including phenoxy) is 2. The molecule has 37 heavy (non-hydrogen) atoms. The fraction of sp³-hybridized carbons (Fsp3) is 0.222. The number of carbonyl (C=O) groups excluding carboxylic acids is 2. The molecule has 1 atom stereocenters. The topological polar surface area (TPSA) is 89.0 Å². The van der Waals surface area contributed by atoms with Gasteiger partial charge in [-0.25, -0.2) is 9.82 Å². The Morgan fingerprint density at radius 1 is 1.14 bits per heavy atom. The minimum atomic E-state index is -0.922. The summed E-state index contributed by atoms with van der Waals surface area (Å²) in [5.74, 6) is -1.18. The average molecular weight is 591 g/mol. The second kappa shape index (κ2) is 13.2. The maximum Gasteiger partial charge on any atom is 0.262 e. The first kappa shape index (κ1) is 28.1. The molecule has 3 aromatic carbocycles. The van der Waals surface area contributed by atoms with Crippen LogP contribution in [-0.4, -0.2) is 31.2 Å². The zero-order valence-corrected chi connectivity index (χ0v) is 22.8. The van der Waals surface area contributed by atoms with Gasteiger partial charge in [0.05, 0.1) is 23.4 Å². The number of halogens is 3. The van der Waals surface area contributed by atoms with Crippen LogP contribution in [0.2, 0.25) is 5.02 Å². The summed E-state index contributed by atoms with van der Waals surface area (Å²) in [7, 11) is 1.52. The van der Waals surface area contributed by atoms with E-state index in [1.165, 1.54) is 31.5 Å². The highest BCUT2D eigenvalue weighted by Gasteiger charge is 2.25. The number of benzene rings is 3. The lowest BCUT2D eigenvalue weighted by molar-refractivity contribution is -0.123. The molecule has 0 spiro atoms. The summed E-state index contributed by atoms with van der Waals surface area (Å²) in [4.78, 5) is 25.2. The van der Waals surface area contributed by atoms with E-state index in [-0.39, 0.29) is 11.5 Å². The van der Waals surface area contributed by atoms with Gasteiger partial charge in [-0.3, -0.25) is 9.59 Å². The summed E-state index contributed by atoms with van der Waals surface area (Å²) >= 11 is 9.42. The Bertz CT molecular complexity index is 1290. The third-order valence-corrected chi connectivity index (χ3v) is 6.13. The summed E-state index contributed by atoms with van der Waals surface area (Å²) in [6.45, 7) is 3.84. The van der Waals surface area contributed by atoms with Crippen LogP contribution in [-0.2, 0) is 11.4 Å². The number of nitrogens with zero attached hydrogens (tertiary/aromatic N) is 1. The van der Waals surface area contributed by atoms with E-state index in [1.54, 1.807) is 44.2 Å². The van der Waals surface area contributed by atoms with Crippen molar-refractivity contribution in [2.75, 3.05) is 7.11 Å². The SMILES string of the molecule is COc1cc(/C=N/NC(=O)C(NC(=O)c2ccccc2F)C(C)C)cc(Br)c1OCc1ccc(Cl)cc1. The minimum absolute atomic E-state index is 0.139. The first-order valence-corrected chi connectivity index (χ1v) is 12.5. The van der Waals surface area contributed by atoms with Crippen molar-refractivity contribution in [3.8, 4) is 11.5 Å². The molecule has 0 heterocycles. The molecule has 7 nitrogen and oxygen atoms in total. The van der Waals surface area contributed by atoms with Crippen LogP contribution < -0.4 is 20.2 Å². The summed E-state index contributed by atoms with van der Waals surface area (Å²) in [6, 6.07) is 15.4. The molecule has 0 fully saturated rings. The molecule has 10 heteroatoms. The average Bonchev–Trinajstić information content (AvgIpc) is 2.87. The van der Waals surface area contributed by atoms with Crippen LogP contribution in [0.15, 0.2) is 70.2 Å². The Hall–Kier alpha value is -3.43. The lowest BCUT2D eigenvalue weighted by Crippen LogP contribution is -2.48. The maximum atomic E-state index is 13.9. The van der Waals surface area contributed by atoms with Crippen molar-refractivity contribution in [2.24, 2.45) is 11.0 Å². The number of hydrazone groups is 1. The van der Waals surface area contributed by atoms with Gasteiger partial charge in [0.2, 0.25) is 0 Å². The summed E-state index contributed by atoms with van der Waals surface area (Å²) < 4.78 is 26.0. The van der Waals surface area contributed by atoms with Gasteiger partial charge < -0.3 is 14.8 Å². The lowest BCUT2D eigenvalue weighted by atomic mass is 10.0. The number of methoxy groups -OCH3 is 1. The number of hydrogen-bond acceptors (Lipinski definition) is 5. The fourth-order valence-corrected chi connectivity index (χ4v) is 4.03.